The Morgan fingerprint density at radius 2 is 2.00 bits per heavy atom. The van der Waals surface area contributed by atoms with Crippen LogP contribution in [0.25, 0.3) is 10.9 Å². The van der Waals surface area contributed by atoms with E-state index in [9.17, 15) is 9.05 Å². The van der Waals surface area contributed by atoms with Gasteiger partial charge in [-0.3, -0.25) is 9.88 Å². The highest BCUT2D eigenvalue weighted by molar-refractivity contribution is 5.87. The van der Waals surface area contributed by atoms with Gasteiger partial charge in [0.2, 0.25) is 0 Å². The van der Waals surface area contributed by atoms with E-state index >= 15 is 0 Å². The molecule has 13 heavy (non-hydrogen) atoms. The molecule has 0 fully saturated rings. The summed E-state index contributed by atoms with van der Waals surface area (Å²) in [6, 6.07) is 4.14. The highest BCUT2D eigenvalue weighted by atomic mass is 19.3. The molecule has 1 aromatic heterocycles. The molecule has 1 heterocycles. The molecule has 0 aliphatic rings. The zero-order valence-electron chi connectivity index (χ0n) is 6.38. The van der Waals surface area contributed by atoms with E-state index < -0.39 is 0 Å². The van der Waals surface area contributed by atoms with Gasteiger partial charge in [0.05, 0.1) is 5.52 Å². The first-order valence-corrected chi connectivity index (χ1v) is 3.53. The Kier molecular flexibility index (Phi) is 1.77. The number of halogens is 2. The summed E-state index contributed by atoms with van der Waals surface area (Å²) in [6.07, 6.45) is 1.59. The number of hydrogen-bond donors (Lipinski definition) is 1. The summed E-state index contributed by atoms with van der Waals surface area (Å²) in [5.41, 5.74) is 0.544. The normalized spacial score (nSPS) is 10.3. The molecule has 2 aromatic rings. The molecule has 0 aliphatic heterocycles. The van der Waals surface area contributed by atoms with Gasteiger partial charge in [-0.05, 0) is 6.07 Å². The van der Waals surface area contributed by atoms with Gasteiger partial charge in [0.15, 0.2) is 11.5 Å². The van der Waals surface area contributed by atoms with E-state index in [1.807, 2.05) is 0 Å². The van der Waals surface area contributed by atoms with Crippen LogP contribution in [0.4, 0.5) is 9.05 Å². The van der Waals surface area contributed by atoms with Crippen molar-refractivity contribution < 1.29 is 18.9 Å². The van der Waals surface area contributed by atoms with Crippen LogP contribution in [0.15, 0.2) is 24.4 Å². The lowest BCUT2D eigenvalue weighted by Gasteiger charge is -1.98. The smallest absolute Gasteiger partial charge is 0.185 e. The number of benzene rings is 1. The molecule has 0 saturated heterocycles. The van der Waals surface area contributed by atoms with Crippen LogP contribution >= 0.6 is 0 Å². The van der Waals surface area contributed by atoms with Gasteiger partial charge in [-0.2, -0.15) is 0 Å². The van der Waals surface area contributed by atoms with Gasteiger partial charge < -0.3 is 4.98 Å². The molecule has 0 amide bonds. The van der Waals surface area contributed by atoms with Crippen LogP contribution in [-0.2, 0) is 0 Å². The molecule has 2 rings (SSSR count). The van der Waals surface area contributed by atoms with Crippen LogP contribution in [0.2, 0.25) is 0 Å². The second-order valence-corrected chi connectivity index (χ2v) is 2.51. The zero-order valence-corrected chi connectivity index (χ0v) is 6.38. The minimum absolute atomic E-state index is 0.0774. The molecule has 0 saturated carbocycles. The molecule has 0 spiro atoms. The maximum Gasteiger partial charge on any atom is 0.185 e. The molecule has 1 aromatic carbocycles. The monoisotopic (exact) mass is 185 g/mol. The molecule has 0 atom stereocenters. The molecule has 5 heteroatoms. The molecule has 0 bridgehead atoms. The van der Waals surface area contributed by atoms with Gasteiger partial charge in [-0.25, -0.2) is 0 Å². The molecule has 3 nitrogen and oxygen atoms in total. The standard InChI is InChI=1S/C8H5F2NO2/c9-12-5-3-7-6(1-2-11-7)8(4-5)13-10/h1-4,11H. The van der Waals surface area contributed by atoms with E-state index in [2.05, 4.69) is 14.9 Å². The van der Waals surface area contributed by atoms with Crippen LogP contribution in [0, 0.1) is 0 Å². The maximum absolute atomic E-state index is 12.0. The zero-order chi connectivity index (χ0) is 9.26. The Bertz CT molecular complexity index is 427. The Balaban J connectivity index is 2.70. The minimum Gasteiger partial charge on any atom is -0.361 e. The number of H-pyrrole nitrogens is 1. The van der Waals surface area contributed by atoms with E-state index in [4.69, 9.17) is 0 Å². The summed E-state index contributed by atoms with van der Waals surface area (Å²) < 4.78 is 23.7. The van der Waals surface area contributed by atoms with Crippen LogP contribution in [0.3, 0.4) is 0 Å². The Morgan fingerprint density at radius 1 is 1.15 bits per heavy atom. The summed E-state index contributed by atoms with van der Waals surface area (Å²) in [7, 11) is 0. The van der Waals surface area contributed by atoms with E-state index in [0.29, 0.717) is 10.9 Å². The lowest BCUT2D eigenvalue weighted by molar-refractivity contribution is -0.0141. The van der Waals surface area contributed by atoms with Crippen molar-refractivity contribution in [2.45, 2.75) is 0 Å². The lowest BCUT2D eigenvalue weighted by Crippen LogP contribution is -1.81. The van der Waals surface area contributed by atoms with Crippen LogP contribution in [0.5, 0.6) is 11.5 Å². The molecule has 68 valence electrons. The first-order chi connectivity index (χ1) is 6.35. The number of aromatic nitrogens is 1. The number of hydrogen-bond acceptors (Lipinski definition) is 2. The van der Waals surface area contributed by atoms with Gasteiger partial charge in [0.1, 0.15) is 0 Å². The quantitative estimate of drug-likeness (QED) is 0.780. The average molecular weight is 185 g/mol. The summed E-state index contributed by atoms with van der Waals surface area (Å²) in [6.45, 7) is 0. The number of aromatic amines is 1. The van der Waals surface area contributed by atoms with Gasteiger partial charge in [0, 0.05) is 32.8 Å². The minimum atomic E-state index is -0.109. The number of fused-ring (bicyclic) bond motifs is 1. The summed E-state index contributed by atoms with van der Waals surface area (Å²) >= 11 is 0. The first-order valence-electron chi connectivity index (χ1n) is 3.53. The van der Waals surface area contributed by atoms with Crippen molar-refractivity contribution in [2.24, 2.45) is 0 Å². The number of rotatable bonds is 2. The van der Waals surface area contributed by atoms with Crippen molar-refractivity contribution in [3.05, 3.63) is 24.4 Å². The topological polar surface area (TPSA) is 34.2 Å². The van der Waals surface area contributed by atoms with Gasteiger partial charge in [0.25, 0.3) is 0 Å². The largest absolute Gasteiger partial charge is 0.361 e. The Hall–Kier alpha value is -1.78. The number of nitrogens with one attached hydrogen (secondary N) is 1. The second kappa shape index (κ2) is 2.93. The van der Waals surface area contributed by atoms with Crippen molar-refractivity contribution in [2.75, 3.05) is 0 Å². The predicted molar refractivity (Wildman–Crippen MR) is 41.8 cm³/mol. The lowest BCUT2D eigenvalue weighted by atomic mass is 10.2. The van der Waals surface area contributed by atoms with Gasteiger partial charge in [-0.1, -0.05) is 0 Å². The van der Waals surface area contributed by atoms with E-state index in [1.165, 1.54) is 6.07 Å². The van der Waals surface area contributed by atoms with Crippen molar-refractivity contribution in [1.29, 1.82) is 0 Å². The Labute approximate surface area is 71.7 Å². The highest BCUT2D eigenvalue weighted by Crippen LogP contribution is 2.30. The van der Waals surface area contributed by atoms with E-state index in [0.717, 1.165) is 6.07 Å². The summed E-state index contributed by atoms with van der Waals surface area (Å²) in [4.78, 5) is 9.80. The van der Waals surface area contributed by atoms with Crippen molar-refractivity contribution in [3.63, 3.8) is 0 Å². The maximum atomic E-state index is 12.0. The second-order valence-electron chi connectivity index (χ2n) is 2.51. The van der Waals surface area contributed by atoms with Gasteiger partial charge in [-0.15, -0.1) is 0 Å². The summed E-state index contributed by atoms with van der Waals surface area (Å²) in [5.74, 6) is -0.186. The van der Waals surface area contributed by atoms with Crippen LogP contribution in [-0.4, -0.2) is 4.98 Å². The average Bonchev–Trinajstić information content (AvgIpc) is 2.63. The molecule has 1 N–H and O–H groups in total. The molecule has 0 radical (unpaired) electrons. The van der Waals surface area contributed by atoms with Crippen LogP contribution < -0.4 is 9.88 Å². The summed E-state index contributed by atoms with van der Waals surface area (Å²) in [5, 5.41) is 0.531. The Morgan fingerprint density at radius 3 is 2.69 bits per heavy atom. The fourth-order valence-corrected chi connectivity index (χ4v) is 1.22. The third-order valence-corrected chi connectivity index (χ3v) is 1.78. The fraction of sp³-hybridized carbons (Fsp3) is 0. The van der Waals surface area contributed by atoms with E-state index in [1.54, 1.807) is 12.3 Å². The molecular formula is C8H5F2NO2. The molecule has 0 aliphatic carbocycles. The van der Waals surface area contributed by atoms with Gasteiger partial charge >= 0.3 is 0 Å². The SMILES string of the molecule is FOc1cc(OF)c2cc[nH]c2c1. The third kappa shape index (κ3) is 1.18. The van der Waals surface area contributed by atoms with Crippen molar-refractivity contribution in [1.82, 2.24) is 4.98 Å². The predicted octanol–water partition coefficient (Wildman–Crippen LogP) is 2.69. The van der Waals surface area contributed by atoms with Crippen molar-refractivity contribution in [3.8, 4) is 11.5 Å². The third-order valence-electron chi connectivity index (χ3n) is 1.78. The van der Waals surface area contributed by atoms with E-state index in [-0.39, 0.29) is 11.5 Å². The van der Waals surface area contributed by atoms with Crippen molar-refractivity contribution >= 4 is 10.9 Å². The van der Waals surface area contributed by atoms with Crippen LogP contribution in [0.1, 0.15) is 0 Å². The fourth-order valence-electron chi connectivity index (χ4n) is 1.22. The first kappa shape index (κ1) is 7.85. The molecular weight excluding hydrogens is 180 g/mol. The highest BCUT2D eigenvalue weighted by Gasteiger charge is 2.08. The molecule has 0 unspecified atom stereocenters.